The Morgan fingerprint density at radius 3 is 2.68 bits per heavy atom. The fourth-order valence-corrected chi connectivity index (χ4v) is 2.80. The van der Waals surface area contributed by atoms with Crippen molar-refractivity contribution in [3.63, 3.8) is 0 Å². The number of hydrazone groups is 1. The minimum absolute atomic E-state index is 0.00260. The number of hydrogen-bond donors (Lipinski definition) is 1. The zero-order valence-corrected chi connectivity index (χ0v) is 13.1. The maximum atomic E-state index is 5.86. The third kappa shape index (κ3) is 2.80. The Balaban J connectivity index is 1.94. The SMILES string of the molecule is COc1cccc(C2CC(c3ccccc3)=NN2C(N)=S)c1. The summed E-state index contributed by atoms with van der Waals surface area (Å²) in [6.07, 6.45) is 0.758. The van der Waals surface area contributed by atoms with Crippen LogP contribution in [0.3, 0.4) is 0 Å². The van der Waals surface area contributed by atoms with Crippen molar-refractivity contribution in [2.24, 2.45) is 10.8 Å². The fourth-order valence-electron chi connectivity index (χ4n) is 2.63. The molecule has 1 heterocycles. The van der Waals surface area contributed by atoms with Crippen molar-refractivity contribution in [2.45, 2.75) is 12.5 Å². The third-order valence-electron chi connectivity index (χ3n) is 3.72. The van der Waals surface area contributed by atoms with Crippen LogP contribution in [0, 0.1) is 0 Å². The van der Waals surface area contributed by atoms with Crippen molar-refractivity contribution < 1.29 is 4.74 Å². The van der Waals surface area contributed by atoms with Gasteiger partial charge in [-0.3, -0.25) is 0 Å². The highest BCUT2D eigenvalue weighted by Crippen LogP contribution is 2.33. The van der Waals surface area contributed by atoms with Crippen molar-refractivity contribution >= 4 is 23.0 Å². The summed E-state index contributed by atoms with van der Waals surface area (Å²) in [4.78, 5) is 0. The summed E-state index contributed by atoms with van der Waals surface area (Å²) in [5.74, 6) is 0.813. The number of nitrogens with zero attached hydrogens (tertiary/aromatic N) is 2. The molecular weight excluding hydrogens is 294 g/mol. The monoisotopic (exact) mass is 311 g/mol. The molecule has 2 N–H and O–H groups in total. The molecule has 0 spiro atoms. The lowest BCUT2D eigenvalue weighted by Crippen LogP contribution is -2.31. The molecule has 0 saturated heterocycles. The zero-order chi connectivity index (χ0) is 15.5. The number of methoxy groups -OCH3 is 1. The maximum absolute atomic E-state index is 5.86. The molecule has 1 aliphatic heterocycles. The van der Waals surface area contributed by atoms with E-state index < -0.39 is 0 Å². The van der Waals surface area contributed by atoms with Crippen LogP contribution in [0.2, 0.25) is 0 Å². The van der Waals surface area contributed by atoms with E-state index in [1.54, 1.807) is 12.1 Å². The average Bonchev–Trinajstić information content (AvgIpc) is 3.01. The number of benzene rings is 2. The first-order valence-corrected chi connectivity index (χ1v) is 7.45. The molecule has 0 bridgehead atoms. The van der Waals surface area contributed by atoms with Gasteiger partial charge < -0.3 is 10.5 Å². The zero-order valence-electron chi connectivity index (χ0n) is 12.3. The molecule has 0 radical (unpaired) electrons. The number of rotatable bonds is 3. The topological polar surface area (TPSA) is 50.8 Å². The maximum Gasteiger partial charge on any atom is 0.187 e. The van der Waals surface area contributed by atoms with Crippen LogP contribution in [0.1, 0.15) is 23.6 Å². The molecule has 2 aromatic rings. The highest BCUT2D eigenvalue weighted by atomic mass is 32.1. The minimum atomic E-state index is 0.00260. The molecule has 0 amide bonds. The Morgan fingerprint density at radius 2 is 2.00 bits per heavy atom. The largest absolute Gasteiger partial charge is 0.497 e. The highest BCUT2D eigenvalue weighted by molar-refractivity contribution is 7.80. The summed E-state index contributed by atoms with van der Waals surface area (Å²) in [5, 5.41) is 6.61. The predicted molar refractivity (Wildman–Crippen MR) is 92.0 cm³/mol. The predicted octanol–water partition coefficient (Wildman–Crippen LogP) is 3.09. The van der Waals surface area contributed by atoms with Crippen LogP contribution in [0.4, 0.5) is 0 Å². The number of thiocarbonyl (C=S) groups is 1. The summed E-state index contributed by atoms with van der Waals surface area (Å²) in [5.41, 5.74) is 9.02. The standard InChI is InChI=1S/C17H17N3OS/c1-21-14-9-5-8-13(10-14)16-11-15(19-20(16)17(18)22)12-6-3-2-4-7-12/h2-10,16H,11H2,1H3,(H2,18,22). The molecule has 1 unspecified atom stereocenters. The Bertz CT molecular complexity index is 715. The smallest absolute Gasteiger partial charge is 0.187 e. The van der Waals surface area contributed by atoms with Gasteiger partial charge in [-0.1, -0.05) is 42.5 Å². The van der Waals surface area contributed by atoms with E-state index in [1.807, 2.05) is 54.6 Å². The molecule has 5 heteroatoms. The van der Waals surface area contributed by atoms with Crippen LogP contribution in [-0.4, -0.2) is 22.9 Å². The number of ether oxygens (including phenoxy) is 1. The molecule has 0 fully saturated rings. The molecule has 1 atom stereocenters. The van der Waals surface area contributed by atoms with Crippen molar-refractivity contribution in [3.05, 3.63) is 65.7 Å². The second-order valence-electron chi connectivity index (χ2n) is 5.09. The van der Waals surface area contributed by atoms with Gasteiger partial charge in [0, 0.05) is 6.42 Å². The van der Waals surface area contributed by atoms with Crippen molar-refractivity contribution in [1.29, 1.82) is 0 Å². The minimum Gasteiger partial charge on any atom is -0.497 e. The molecule has 0 aliphatic carbocycles. The molecule has 0 aromatic heterocycles. The van der Waals surface area contributed by atoms with E-state index in [2.05, 4.69) is 5.10 Å². The molecule has 0 saturated carbocycles. The van der Waals surface area contributed by atoms with E-state index in [1.165, 1.54) is 0 Å². The van der Waals surface area contributed by atoms with Crippen LogP contribution in [-0.2, 0) is 0 Å². The summed E-state index contributed by atoms with van der Waals surface area (Å²) in [7, 11) is 1.66. The van der Waals surface area contributed by atoms with Gasteiger partial charge in [0.25, 0.3) is 0 Å². The van der Waals surface area contributed by atoms with E-state index in [0.717, 1.165) is 29.0 Å². The summed E-state index contributed by atoms with van der Waals surface area (Å²) >= 11 is 5.16. The summed E-state index contributed by atoms with van der Waals surface area (Å²) in [6, 6.07) is 18.0. The highest BCUT2D eigenvalue weighted by Gasteiger charge is 2.30. The Hall–Kier alpha value is -2.40. The lowest BCUT2D eigenvalue weighted by atomic mass is 9.98. The Labute approximate surface area is 135 Å². The average molecular weight is 311 g/mol. The molecule has 1 aliphatic rings. The van der Waals surface area contributed by atoms with Crippen LogP contribution in [0.5, 0.6) is 5.75 Å². The molecule has 4 nitrogen and oxygen atoms in total. The normalized spacial score (nSPS) is 17.2. The molecule has 2 aromatic carbocycles. The van der Waals surface area contributed by atoms with Gasteiger partial charge in [-0.15, -0.1) is 0 Å². The number of hydrogen-bond acceptors (Lipinski definition) is 3. The van der Waals surface area contributed by atoms with Crippen LogP contribution >= 0.6 is 12.2 Å². The third-order valence-corrected chi connectivity index (χ3v) is 3.91. The van der Waals surface area contributed by atoms with Crippen LogP contribution < -0.4 is 10.5 Å². The van der Waals surface area contributed by atoms with Gasteiger partial charge in [-0.2, -0.15) is 5.10 Å². The van der Waals surface area contributed by atoms with Gasteiger partial charge in [-0.05, 0) is 35.5 Å². The molecule has 112 valence electrons. The van der Waals surface area contributed by atoms with Gasteiger partial charge >= 0.3 is 0 Å². The molecule has 3 rings (SSSR count). The molecular formula is C17H17N3OS. The van der Waals surface area contributed by atoms with E-state index >= 15 is 0 Å². The first-order valence-electron chi connectivity index (χ1n) is 7.04. The van der Waals surface area contributed by atoms with Gasteiger partial charge in [0.1, 0.15) is 5.75 Å². The van der Waals surface area contributed by atoms with E-state index in [4.69, 9.17) is 22.7 Å². The second kappa shape index (κ2) is 6.15. The fraction of sp³-hybridized carbons (Fsp3) is 0.176. The van der Waals surface area contributed by atoms with Crippen molar-refractivity contribution in [1.82, 2.24) is 5.01 Å². The Morgan fingerprint density at radius 1 is 1.23 bits per heavy atom. The molecule has 22 heavy (non-hydrogen) atoms. The van der Waals surface area contributed by atoms with Gasteiger partial charge in [-0.25, -0.2) is 5.01 Å². The van der Waals surface area contributed by atoms with E-state index in [-0.39, 0.29) is 11.2 Å². The summed E-state index contributed by atoms with van der Waals surface area (Å²) in [6.45, 7) is 0. The van der Waals surface area contributed by atoms with E-state index in [0.29, 0.717) is 0 Å². The first kappa shape index (κ1) is 14.5. The first-order chi connectivity index (χ1) is 10.7. The van der Waals surface area contributed by atoms with Gasteiger partial charge in [0.2, 0.25) is 0 Å². The number of nitrogens with two attached hydrogens (primary N) is 1. The van der Waals surface area contributed by atoms with Crippen molar-refractivity contribution in [2.75, 3.05) is 7.11 Å². The van der Waals surface area contributed by atoms with Gasteiger partial charge in [0.15, 0.2) is 5.11 Å². The van der Waals surface area contributed by atoms with Crippen LogP contribution in [0.25, 0.3) is 0 Å². The Kier molecular flexibility index (Phi) is 4.06. The lowest BCUT2D eigenvalue weighted by molar-refractivity contribution is 0.369. The summed E-state index contributed by atoms with van der Waals surface area (Å²) < 4.78 is 5.30. The van der Waals surface area contributed by atoms with E-state index in [9.17, 15) is 0 Å². The quantitative estimate of drug-likeness (QED) is 0.885. The van der Waals surface area contributed by atoms with Crippen LogP contribution in [0.15, 0.2) is 59.7 Å². The van der Waals surface area contributed by atoms with Crippen molar-refractivity contribution in [3.8, 4) is 5.75 Å². The van der Waals surface area contributed by atoms with Gasteiger partial charge in [0.05, 0.1) is 18.9 Å². The second-order valence-corrected chi connectivity index (χ2v) is 5.51. The lowest BCUT2D eigenvalue weighted by Gasteiger charge is -2.22.